The number of halogens is 1. The van der Waals surface area contributed by atoms with Gasteiger partial charge < -0.3 is 11.1 Å². The van der Waals surface area contributed by atoms with Crippen LogP contribution < -0.4 is 11.1 Å². The predicted octanol–water partition coefficient (Wildman–Crippen LogP) is 4.70. The van der Waals surface area contributed by atoms with E-state index in [1.54, 1.807) is 13.0 Å². The van der Waals surface area contributed by atoms with Gasteiger partial charge in [-0.05, 0) is 42.7 Å². The Morgan fingerprint density at radius 3 is 2.75 bits per heavy atom. The fourth-order valence-corrected chi connectivity index (χ4v) is 3.41. The normalized spacial score (nSPS) is 11.2. The SMILES string of the molecule is Cc1ccc(F)cc1NC(=O)c1sc2nc(C(C)C)ccc2c1N. The minimum absolute atomic E-state index is 0.296. The van der Waals surface area contributed by atoms with Crippen LogP contribution in [0.15, 0.2) is 30.3 Å². The molecule has 2 heterocycles. The number of benzene rings is 1. The maximum absolute atomic E-state index is 13.4. The van der Waals surface area contributed by atoms with E-state index in [-0.39, 0.29) is 5.91 Å². The van der Waals surface area contributed by atoms with E-state index in [0.717, 1.165) is 21.5 Å². The average Bonchev–Trinajstić information content (AvgIpc) is 2.87. The predicted molar refractivity (Wildman–Crippen MR) is 97.2 cm³/mol. The number of anilines is 2. The van der Waals surface area contributed by atoms with Crippen molar-refractivity contribution >= 4 is 38.8 Å². The summed E-state index contributed by atoms with van der Waals surface area (Å²) >= 11 is 1.25. The maximum atomic E-state index is 13.4. The number of nitrogen functional groups attached to an aromatic ring is 1. The van der Waals surface area contributed by atoms with Crippen molar-refractivity contribution in [3.63, 3.8) is 0 Å². The molecule has 6 heteroatoms. The number of fused-ring (bicyclic) bond motifs is 1. The second-order valence-corrected chi connectivity index (χ2v) is 7.00. The lowest BCUT2D eigenvalue weighted by atomic mass is 10.1. The molecule has 24 heavy (non-hydrogen) atoms. The molecular weight excluding hydrogens is 325 g/mol. The summed E-state index contributed by atoms with van der Waals surface area (Å²) < 4.78 is 13.4. The standard InChI is InChI=1S/C18H18FN3OS/c1-9(2)13-7-6-12-15(20)16(24-18(12)22-13)17(23)21-14-8-11(19)5-4-10(14)3/h4-9H,20H2,1-3H3,(H,21,23). The molecule has 0 radical (unpaired) electrons. The Hall–Kier alpha value is -2.47. The molecule has 0 fully saturated rings. The summed E-state index contributed by atoms with van der Waals surface area (Å²) in [7, 11) is 0. The van der Waals surface area contributed by atoms with E-state index in [1.807, 2.05) is 12.1 Å². The second kappa shape index (κ2) is 6.20. The van der Waals surface area contributed by atoms with E-state index >= 15 is 0 Å². The van der Waals surface area contributed by atoms with Crippen LogP contribution in [0.5, 0.6) is 0 Å². The summed E-state index contributed by atoms with van der Waals surface area (Å²) in [4.78, 5) is 18.3. The minimum Gasteiger partial charge on any atom is -0.397 e. The number of carbonyl (C=O) groups is 1. The number of thiophene rings is 1. The van der Waals surface area contributed by atoms with Gasteiger partial charge in [0, 0.05) is 16.8 Å². The van der Waals surface area contributed by atoms with Crippen LogP contribution in [0.2, 0.25) is 0 Å². The van der Waals surface area contributed by atoms with Crippen molar-refractivity contribution < 1.29 is 9.18 Å². The van der Waals surface area contributed by atoms with Crippen molar-refractivity contribution in [2.75, 3.05) is 11.1 Å². The number of aryl methyl sites for hydroxylation is 1. The molecule has 0 spiro atoms. The zero-order chi connectivity index (χ0) is 17.4. The summed E-state index contributed by atoms with van der Waals surface area (Å²) in [6.45, 7) is 5.93. The highest BCUT2D eigenvalue weighted by molar-refractivity contribution is 7.21. The Bertz CT molecular complexity index is 933. The average molecular weight is 343 g/mol. The fraction of sp³-hybridized carbons (Fsp3) is 0.222. The number of nitrogens with zero attached hydrogens (tertiary/aromatic N) is 1. The molecule has 124 valence electrons. The van der Waals surface area contributed by atoms with Gasteiger partial charge in [0.25, 0.3) is 5.91 Å². The number of hydrogen-bond donors (Lipinski definition) is 2. The van der Waals surface area contributed by atoms with Gasteiger partial charge in [0.2, 0.25) is 0 Å². The summed E-state index contributed by atoms with van der Waals surface area (Å²) in [5.74, 6) is -0.455. The lowest BCUT2D eigenvalue weighted by Crippen LogP contribution is -2.13. The van der Waals surface area contributed by atoms with Crippen LogP contribution in [-0.2, 0) is 0 Å². The van der Waals surface area contributed by atoms with Gasteiger partial charge in [0.05, 0.1) is 5.69 Å². The van der Waals surface area contributed by atoms with Crippen LogP contribution in [0.25, 0.3) is 10.2 Å². The maximum Gasteiger partial charge on any atom is 0.267 e. The summed E-state index contributed by atoms with van der Waals surface area (Å²) in [5, 5.41) is 3.50. The molecule has 1 amide bonds. The molecule has 2 aromatic heterocycles. The van der Waals surface area contributed by atoms with Gasteiger partial charge >= 0.3 is 0 Å². The third kappa shape index (κ3) is 2.97. The van der Waals surface area contributed by atoms with E-state index in [4.69, 9.17) is 5.73 Å². The Balaban J connectivity index is 1.97. The van der Waals surface area contributed by atoms with Crippen molar-refractivity contribution in [2.24, 2.45) is 0 Å². The first-order chi connectivity index (χ1) is 11.4. The number of nitrogens with two attached hydrogens (primary N) is 1. The van der Waals surface area contributed by atoms with E-state index in [0.29, 0.717) is 22.2 Å². The molecule has 0 saturated carbocycles. The first-order valence-corrected chi connectivity index (χ1v) is 8.45. The molecule has 0 atom stereocenters. The lowest BCUT2D eigenvalue weighted by molar-refractivity contribution is 0.103. The van der Waals surface area contributed by atoms with Crippen molar-refractivity contribution in [3.8, 4) is 0 Å². The minimum atomic E-state index is -0.400. The zero-order valence-electron chi connectivity index (χ0n) is 13.7. The molecule has 0 bridgehead atoms. The molecule has 0 aliphatic rings. The Kier molecular flexibility index (Phi) is 4.24. The highest BCUT2D eigenvalue weighted by atomic mass is 32.1. The van der Waals surface area contributed by atoms with Gasteiger partial charge in [-0.1, -0.05) is 19.9 Å². The van der Waals surface area contributed by atoms with Crippen LogP contribution in [-0.4, -0.2) is 10.9 Å². The molecule has 3 rings (SSSR count). The molecule has 0 unspecified atom stereocenters. The van der Waals surface area contributed by atoms with Crippen molar-refractivity contribution in [1.82, 2.24) is 4.98 Å². The molecular formula is C18H18FN3OS. The van der Waals surface area contributed by atoms with Crippen molar-refractivity contribution in [2.45, 2.75) is 26.7 Å². The summed E-state index contributed by atoms with van der Waals surface area (Å²) in [6, 6.07) is 8.10. The first-order valence-electron chi connectivity index (χ1n) is 7.63. The van der Waals surface area contributed by atoms with Gasteiger partial charge in [-0.3, -0.25) is 4.79 Å². The Morgan fingerprint density at radius 1 is 1.29 bits per heavy atom. The van der Waals surface area contributed by atoms with E-state index in [1.165, 1.54) is 23.5 Å². The second-order valence-electron chi connectivity index (χ2n) is 6.00. The Morgan fingerprint density at radius 2 is 2.04 bits per heavy atom. The molecule has 3 aromatic rings. The number of amides is 1. The van der Waals surface area contributed by atoms with Gasteiger partial charge in [-0.15, -0.1) is 11.3 Å². The summed E-state index contributed by atoms with van der Waals surface area (Å²) in [5.41, 5.74) is 8.71. The van der Waals surface area contributed by atoms with E-state index < -0.39 is 5.82 Å². The Labute approximate surface area is 143 Å². The smallest absolute Gasteiger partial charge is 0.267 e. The number of rotatable bonds is 3. The highest BCUT2D eigenvalue weighted by Gasteiger charge is 2.18. The molecule has 1 aromatic carbocycles. The van der Waals surface area contributed by atoms with Crippen LogP contribution in [0.3, 0.4) is 0 Å². The van der Waals surface area contributed by atoms with Crippen LogP contribution in [0, 0.1) is 12.7 Å². The van der Waals surface area contributed by atoms with Gasteiger partial charge in [0.15, 0.2) is 0 Å². The quantitative estimate of drug-likeness (QED) is 0.724. The van der Waals surface area contributed by atoms with Gasteiger partial charge in [-0.2, -0.15) is 0 Å². The third-order valence-electron chi connectivity index (χ3n) is 3.86. The molecule has 3 N–H and O–H groups in total. The number of hydrogen-bond acceptors (Lipinski definition) is 4. The van der Waals surface area contributed by atoms with Crippen molar-refractivity contribution in [1.29, 1.82) is 0 Å². The number of carbonyl (C=O) groups excluding carboxylic acids is 1. The highest BCUT2D eigenvalue weighted by Crippen LogP contribution is 2.34. The molecule has 0 aliphatic carbocycles. The van der Waals surface area contributed by atoms with Crippen LogP contribution in [0.1, 0.15) is 40.7 Å². The van der Waals surface area contributed by atoms with Crippen molar-refractivity contribution in [3.05, 3.63) is 52.3 Å². The molecule has 0 aliphatic heterocycles. The monoisotopic (exact) mass is 343 g/mol. The van der Waals surface area contributed by atoms with Gasteiger partial charge in [-0.25, -0.2) is 9.37 Å². The summed E-state index contributed by atoms with van der Waals surface area (Å²) in [6.07, 6.45) is 0. The topological polar surface area (TPSA) is 68.0 Å². The number of aromatic nitrogens is 1. The molecule has 0 saturated heterocycles. The largest absolute Gasteiger partial charge is 0.397 e. The lowest BCUT2D eigenvalue weighted by Gasteiger charge is -2.07. The fourth-order valence-electron chi connectivity index (χ4n) is 2.41. The van der Waals surface area contributed by atoms with E-state index in [9.17, 15) is 9.18 Å². The zero-order valence-corrected chi connectivity index (χ0v) is 14.5. The van der Waals surface area contributed by atoms with Crippen LogP contribution in [0.4, 0.5) is 15.8 Å². The van der Waals surface area contributed by atoms with E-state index in [2.05, 4.69) is 24.1 Å². The number of nitrogens with one attached hydrogen (secondary N) is 1. The third-order valence-corrected chi connectivity index (χ3v) is 4.97. The van der Waals surface area contributed by atoms with Crippen LogP contribution >= 0.6 is 11.3 Å². The first kappa shape index (κ1) is 16.4. The molecule has 4 nitrogen and oxygen atoms in total. The van der Waals surface area contributed by atoms with Gasteiger partial charge in [0.1, 0.15) is 15.5 Å². The number of pyridine rings is 1.